The molecule has 1 aliphatic rings. The molecule has 8 heteroatoms. The maximum atomic E-state index is 6.74. The summed E-state index contributed by atoms with van der Waals surface area (Å²) < 4.78 is 12.3. The van der Waals surface area contributed by atoms with E-state index < -0.39 is 0 Å². The van der Waals surface area contributed by atoms with Crippen molar-refractivity contribution in [2.75, 3.05) is 0 Å². The van der Waals surface area contributed by atoms with Crippen molar-refractivity contribution in [3.63, 3.8) is 0 Å². The highest BCUT2D eigenvalue weighted by molar-refractivity contribution is 6.62. The van der Waals surface area contributed by atoms with Crippen LogP contribution in [0.4, 0.5) is 0 Å². The molecule has 0 unspecified atom stereocenters. The van der Waals surface area contributed by atoms with Crippen molar-refractivity contribution < 1.29 is 9.31 Å². The van der Waals surface area contributed by atoms with Crippen molar-refractivity contribution >= 4 is 111 Å². The number of para-hydroxylation sites is 2. The maximum absolute atomic E-state index is 6.74. The Bertz CT molecular complexity index is 6230. The van der Waals surface area contributed by atoms with Gasteiger partial charge in [0.1, 0.15) is 0 Å². The van der Waals surface area contributed by atoms with Gasteiger partial charge in [0, 0.05) is 56.2 Å². The van der Waals surface area contributed by atoms with E-state index in [1.165, 1.54) is 65.3 Å². The van der Waals surface area contributed by atoms with Crippen LogP contribution in [0.1, 0.15) is 35.1 Å². The third-order valence-corrected chi connectivity index (χ3v) is 20.7. The zero-order valence-corrected chi connectivity index (χ0v) is 57.6. The number of aromatic nitrogens is 4. The van der Waals surface area contributed by atoms with Gasteiger partial charge in [-0.05, 0) is 194 Å². The zero-order valence-electron chi connectivity index (χ0n) is 56.9. The molecule has 19 rings (SSSR count). The van der Waals surface area contributed by atoms with Crippen molar-refractivity contribution in [3.05, 3.63) is 345 Å². The summed E-state index contributed by atoms with van der Waals surface area (Å²) in [6.07, 6.45) is 3.70. The lowest BCUT2D eigenvalue weighted by Crippen LogP contribution is -2.41. The molecule has 0 atom stereocenters. The second-order valence-corrected chi connectivity index (χ2v) is 27.7. The molecule has 103 heavy (non-hydrogen) atoms. The quantitative estimate of drug-likeness (QED) is 0.141. The van der Waals surface area contributed by atoms with Crippen LogP contribution in [0, 0.1) is 0 Å². The van der Waals surface area contributed by atoms with Gasteiger partial charge in [0.2, 0.25) is 0 Å². The average molecular weight is 1350 g/mol. The highest BCUT2D eigenvalue weighted by Crippen LogP contribution is 2.41. The van der Waals surface area contributed by atoms with Crippen LogP contribution < -0.4 is 5.46 Å². The minimum absolute atomic E-state index is 0. The molecule has 1 saturated heterocycles. The van der Waals surface area contributed by atoms with Gasteiger partial charge in [-0.3, -0.25) is 9.97 Å². The maximum Gasteiger partial charge on any atom is 0.494 e. The highest BCUT2D eigenvalue weighted by atomic mass is 35.5. The molecule has 1 aliphatic heterocycles. The Morgan fingerprint density at radius 2 is 0.612 bits per heavy atom. The molecule has 6 nitrogen and oxygen atoms in total. The topological polar surface area (TPSA) is 70.0 Å². The molecule has 5 heterocycles. The number of halogens is 1. The average Bonchev–Trinajstić information content (AvgIpc) is 1.52. The molecule has 494 valence electrons. The monoisotopic (exact) mass is 1350 g/mol. The van der Waals surface area contributed by atoms with Gasteiger partial charge >= 0.3 is 7.12 Å². The summed E-state index contributed by atoms with van der Waals surface area (Å²) >= 11 is 6.74. The van der Waals surface area contributed by atoms with Crippen LogP contribution in [0.2, 0.25) is 5.02 Å². The van der Waals surface area contributed by atoms with Gasteiger partial charge in [-0.2, -0.15) is 0 Å². The standard InChI is InChI=1S/C44H28N2.C29H18ClN.C21H22BNO2.CH4/c1-3-9-34-25-36(20-14-29(34)7-1)37-22-23-42-41(27-37)40(28-43(46-42)38-21-15-30-8-2-4-10-35(30)26-38)32-18-16-31(17-19-32)39-13-5-11-33-12-6-24-45-44(33)39;30-27-18-29(25-12-10-20-6-2-4-8-22(20)16-25)31-28-14-13-24(17-26(27)28)23-11-9-19-5-1-3-7-21(19)15-23;1-20(2)21(3,4)25-22(24-20)17-12-10-15(11-13-17)18-9-5-7-16-8-6-14-23-19(16)18;/h1-28H;1-18H;5-14H,1-4H3;1H4. The van der Waals surface area contributed by atoms with Crippen LogP contribution in [0.15, 0.2) is 340 Å². The van der Waals surface area contributed by atoms with Crippen LogP contribution >= 0.6 is 11.6 Å². The first-order chi connectivity index (χ1) is 49.9. The van der Waals surface area contributed by atoms with E-state index in [1.54, 1.807) is 0 Å². The third kappa shape index (κ3) is 13.1. The molecule has 18 aromatic rings. The highest BCUT2D eigenvalue weighted by Gasteiger charge is 2.51. The lowest BCUT2D eigenvalue weighted by Gasteiger charge is -2.32. The van der Waals surface area contributed by atoms with E-state index >= 15 is 0 Å². The summed E-state index contributed by atoms with van der Waals surface area (Å²) in [6.45, 7) is 8.29. The minimum atomic E-state index is -0.329. The van der Waals surface area contributed by atoms with E-state index in [-0.39, 0.29) is 25.7 Å². The van der Waals surface area contributed by atoms with E-state index in [9.17, 15) is 0 Å². The number of pyridine rings is 4. The minimum Gasteiger partial charge on any atom is -0.399 e. The summed E-state index contributed by atoms with van der Waals surface area (Å²) in [5.74, 6) is 0. The van der Waals surface area contributed by atoms with Crippen molar-refractivity contribution in [1.29, 1.82) is 0 Å². The Balaban J connectivity index is 0.000000125. The summed E-state index contributed by atoms with van der Waals surface area (Å²) in [4.78, 5) is 19.4. The van der Waals surface area contributed by atoms with Crippen molar-refractivity contribution in [3.8, 4) is 78.1 Å². The molecule has 4 aromatic heterocycles. The summed E-state index contributed by atoms with van der Waals surface area (Å²) in [6, 6.07) is 115. The lowest BCUT2D eigenvalue weighted by molar-refractivity contribution is 0.00578. The van der Waals surface area contributed by atoms with Gasteiger partial charge in [-0.1, -0.05) is 274 Å². The van der Waals surface area contributed by atoms with E-state index in [4.69, 9.17) is 35.9 Å². The fourth-order valence-corrected chi connectivity index (χ4v) is 14.3. The van der Waals surface area contributed by atoms with E-state index in [2.05, 4.69) is 342 Å². The normalized spacial score (nSPS) is 13.1. The smallest absolute Gasteiger partial charge is 0.399 e. The molecule has 14 aromatic carbocycles. The SMILES string of the molecule is C.CC1(C)OB(c2ccc(-c3cccc4cccnc34)cc2)OC1(C)C.Clc1cc(-c2ccc3ccccc3c2)nc2ccc(-c3ccc4ccccc4c3)cc12.c1ccc2cc(-c3ccc4nc(-c5ccc6ccccc6c5)cc(-c5ccc(-c6cccc7cccnc67)cc5)c4c3)ccc2c1. The van der Waals surface area contributed by atoms with Gasteiger partial charge in [0.05, 0.1) is 49.7 Å². The van der Waals surface area contributed by atoms with E-state index in [1.807, 2.05) is 30.6 Å². The van der Waals surface area contributed by atoms with Gasteiger partial charge < -0.3 is 9.31 Å². The second kappa shape index (κ2) is 27.5. The summed E-state index contributed by atoms with van der Waals surface area (Å²) in [7, 11) is -0.329. The Morgan fingerprint density at radius 1 is 0.282 bits per heavy atom. The number of nitrogens with zero attached hydrogens (tertiary/aromatic N) is 4. The Kier molecular flexibility index (Phi) is 17.5. The predicted molar refractivity (Wildman–Crippen MR) is 436 cm³/mol. The van der Waals surface area contributed by atoms with Crippen LogP contribution in [0.25, 0.3) is 165 Å². The molecule has 0 N–H and O–H groups in total. The molecular formula is C95H72BClN4O2. The van der Waals surface area contributed by atoms with Gasteiger partial charge in [0.15, 0.2) is 0 Å². The zero-order chi connectivity index (χ0) is 68.9. The predicted octanol–water partition coefficient (Wildman–Crippen LogP) is 25.1. The molecular weight excluding hydrogens is 1280 g/mol. The van der Waals surface area contributed by atoms with Crippen LogP contribution in [0.3, 0.4) is 0 Å². The fourth-order valence-electron chi connectivity index (χ4n) is 14.0. The van der Waals surface area contributed by atoms with E-state index in [0.29, 0.717) is 0 Å². The van der Waals surface area contributed by atoms with Gasteiger partial charge in [-0.15, -0.1) is 0 Å². The van der Waals surface area contributed by atoms with Gasteiger partial charge in [0.25, 0.3) is 0 Å². The molecule has 0 radical (unpaired) electrons. The Morgan fingerprint density at radius 3 is 1.07 bits per heavy atom. The van der Waals surface area contributed by atoms with Crippen molar-refractivity contribution in [2.45, 2.75) is 46.3 Å². The summed E-state index contributed by atoms with van der Waals surface area (Å²) in [5, 5.41) is 14.9. The van der Waals surface area contributed by atoms with Crippen LogP contribution in [-0.4, -0.2) is 38.3 Å². The molecule has 0 spiro atoms. The van der Waals surface area contributed by atoms with E-state index in [0.717, 1.165) is 110 Å². The third-order valence-electron chi connectivity index (χ3n) is 20.3. The second-order valence-electron chi connectivity index (χ2n) is 27.3. The number of rotatable bonds is 8. The lowest BCUT2D eigenvalue weighted by atomic mass is 9.78. The molecule has 0 bridgehead atoms. The molecule has 0 saturated carbocycles. The Hall–Kier alpha value is -12.0. The first-order valence-electron chi connectivity index (χ1n) is 34.6. The first kappa shape index (κ1) is 65.6. The van der Waals surface area contributed by atoms with Crippen LogP contribution in [-0.2, 0) is 9.31 Å². The molecule has 0 aliphatic carbocycles. The Labute approximate surface area is 605 Å². The fraction of sp³-hybridized carbons (Fsp3) is 0.0737. The number of hydrogen-bond donors (Lipinski definition) is 0. The molecule has 1 fully saturated rings. The largest absolute Gasteiger partial charge is 0.494 e. The van der Waals surface area contributed by atoms with Crippen LogP contribution in [0.5, 0.6) is 0 Å². The number of benzene rings is 14. The van der Waals surface area contributed by atoms with Crippen molar-refractivity contribution in [2.24, 2.45) is 0 Å². The molecule has 0 amide bonds. The van der Waals surface area contributed by atoms with Crippen molar-refractivity contribution in [1.82, 2.24) is 19.9 Å². The number of hydrogen-bond acceptors (Lipinski definition) is 6. The van der Waals surface area contributed by atoms with Gasteiger partial charge in [-0.25, -0.2) is 9.97 Å². The summed E-state index contributed by atoms with van der Waals surface area (Å²) in [5.41, 5.74) is 19.9. The first-order valence-corrected chi connectivity index (χ1v) is 35.0. The number of fused-ring (bicyclic) bond motifs is 8.